The molecule has 0 bridgehead atoms. The van der Waals surface area contributed by atoms with E-state index in [0.29, 0.717) is 19.1 Å². The van der Waals surface area contributed by atoms with Crippen molar-refractivity contribution in [2.75, 3.05) is 32.8 Å². The molecule has 2 atom stereocenters. The SMILES string of the molecule is CC1CCNC1C(=O)NN1CCOCC1. The minimum atomic E-state index is -0.0205. The fourth-order valence-electron chi connectivity index (χ4n) is 2.09. The van der Waals surface area contributed by atoms with Crippen molar-refractivity contribution in [3.05, 3.63) is 0 Å². The number of ether oxygens (including phenoxy) is 1. The van der Waals surface area contributed by atoms with E-state index < -0.39 is 0 Å². The third kappa shape index (κ3) is 2.68. The molecule has 2 saturated heterocycles. The normalized spacial score (nSPS) is 32.9. The van der Waals surface area contributed by atoms with Crippen molar-refractivity contribution in [1.29, 1.82) is 0 Å². The molecule has 0 radical (unpaired) electrons. The Balaban J connectivity index is 1.80. The number of nitrogens with zero attached hydrogens (tertiary/aromatic N) is 1. The van der Waals surface area contributed by atoms with Crippen molar-refractivity contribution in [3.63, 3.8) is 0 Å². The molecule has 2 fully saturated rings. The largest absolute Gasteiger partial charge is 0.379 e. The molecule has 0 aromatic rings. The standard InChI is InChI=1S/C10H19N3O2/c1-8-2-3-11-9(8)10(14)12-13-4-6-15-7-5-13/h8-9,11H,2-7H2,1H3,(H,12,14). The summed E-state index contributed by atoms with van der Waals surface area (Å²) >= 11 is 0. The van der Waals surface area contributed by atoms with Crippen molar-refractivity contribution in [1.82, 2.24) is 15.8 Å². The Morgan fingerprint density at radius 1 is 1.47 bits per heavy atom. The Bertz CT molecular complexity index is 229. The Labute approximate surface area is 90.1 Å². The average molecular weight is 213 g/mol. The zero-order chi connectivity index (χ0) is 10.7. The highest BCUT2D eigenvalue weighted by atomic mass is 16.5. The molecule has 2 unspecified atom stereocenters. The molecule has 0 aromatic heterocycles. The Kier molecular flexibility index (Phi) is 3.56. The summed E-state index contributed by atoms with van der Waals surface area (Å²) in [6.07, 6.45) is 1.08. The van der Waals surface area contributed by atoms with Gasteiger partial charge in [-0.3, -0.25) is 10.2 Å². The molecule has 1 amide bonds. The number of hydrogen-bond acceptors (Lipinski definition) is 4. The maximum absolute atomic E-state index is 11.9. The molecule has 2 aliphatic heterocycles. The van der Waals surface area contributed by atoms with Crippen LogP contribution >= 0.6 is 0 Å². The summed E-state index contributed by atoms with van der Waals surface area (Å²) in [6.45, 7) is 6.04. The lowest BCUT2D eigenvalue weighted by molar-refractivity contribution is -0.130. The Hall–Kier alpha value is -0.650. The summed E-state index contributed by atoms with van der Waals surface area (Å²) in [7, 11) is 0. The third-order valence-electron chi connectivity index (χ3n) is 3.09. The first-order chi connectivity index (χ1) is 7.27. The van der Waals surface area contributed by atoms with Gasteiger partial charge in [-0.05, 0) is 18.9 Å². The van der Waals surface area contributed by atoms with E-state index in [0.717, 1.165) is 26.1 Å². The number of hydrogen-bond donors (Lipinski definition) is 2. The minimum Gasteiger partial charge on any atom is -0.379 e. The van der Waals surface area contributed by atoms with Crippen molar-refractivity contribution < 1.29 is 9.53 Å². The molecule has 0 saturated carbocycles. The maximum atomic E-state index is 11.9. The molecule has 0 spiro atoms. The zero-order valence-electron chi connectivity index (χ0n) is 9.16. The van der Waals surface area contributed by atoms with Crippen LogP contribution < -0.4 is 10.7 Å². The van der Waals surface area contributed by atoms with Gasteiger partial charge in [-0.25, -0.2) is 5.01 Å². The van der Waals surface area contributed by atoms with E-state index in [4.69, 9.17) is 4.74 Å². The lowest BCUT2D eigenvalue weighted by atomic mass is 10.0. The van der Waals surface area contributed by atoms with Gasteiger partial charge in [0.1, 0.15) is 0 Å². The van der Waals surface area contributed by atoms with E-state index in [2.05, 4.69) is 17.7 Å². The minimum absolute atomic E-state index is 0.0205. The predicted molar refractivity (Wildman–Crippen MR) is 56.1 cm³/mol. The number of morpholine rings is 1. The van der Waals surface area contributed by atoms with Crippen LogP contribution in [0.15, 0.2) is 0 Å². The second-order valence-corrected chi connectivity index (χ2v) is 4.27. The summed E-state index contributed by atoms with van der Waals surface area (Å²) in [4.78, 5) is 11.9. The topological polar surface area (TPSA) is 53.6 Å². The van der Waals surface area contributed by atoms with Crippen LogP contribution in [0.2, 0.25) is 0 Å². The van der Waals surface area contributed by atoms with Crippen LogP contribution in [0.5, 0.6) is 0 Å². The molecule has 15 heavy (non-hydrogen) atoms. The highest BCUT2D eigenvalue weighted by molar-refractivity contribution is 5.81. The molecule has 5 nitrogen and oxygen atoms in total. The van der Waals surface area contributed by atoms with Gasteiger partial charge in [0.2, 0.25) is 0 Å². The highest BCUT2D eigenvalue weighted by Crippen LogP contribution is 2.14. The number of carbonyl (C=O) groups excluding carboxylic acids is 1. The van der Waals surface area contributed by atoms with Gasteiger partial charge in [0, 0.05) is 13.1 Å². The van der Waals surface area contributed by atoms with Gasteiger partial charge in [0.25, 0.3) is 5.91 Å². The summed E-state index contributed by atoms with van der Waals surface area (Å²) in [5.41, 5.74) is 2.94. The van der Waals surface area contributed by atoms with Gasteiger partial charge in [-0.1, -0.05) is 6.92 Å². The molecule has 0 aromatic carbocycles. The molecule has 5 heteroatoms. The summed E-state index contributed by atoms with van der Waals surface area (Å²) in [5.74, 6) is 0.535. The molecule has 2 N–H and O–H groups in total. The van der Waals surface area contributed by atoms with Gasteiger partial charge < -0.3 is 10.1 Å². The third-order valence-corrected chi connectivity index (χ3v) is 3.09. The average Bonchev–Trinajstić information content (AvgIpc) is 2.66. The van der Waals surface area contributed by atoms with Crippen molar-refractivity contribution in [3.8, 4) is 0 Å². The van der Waals surface area contributed by atoms with Gasteiger partial charge in [0.05, 0.1) is 19.3 Å². The highest BCUT2D eigenvalue weighted by Gasteiger charge is 2.30. The molecule has 86 valence electrons. The number of amides is 1. The van der Waals surface area contributed by atoms with Crippen LogP contribution in [0.4, 0.5) is 0 Å². The zero-order valence-corrected chi connectivity index (χ0v) is 9.16. The van der Waals surface area contributed by atoms with Crippen LogP contribution in [-0.4, -0.2) is 49.8 Å². The van der Waals surface area contributed by atoms with Crippen LogP contribution in [0.3, 0.4) is 0 Å². The van der Waals surface area contributed by atoms with Crippen LogP contribution in [0.1, 0.15) is 13.3 Å². The van der Waals surface area contributed by atoms with Crippen LogP contribution in [0.25, 0.3) is 0 Å². The molecular formula is C10H19N3O2. The van der Waals surface area contributed by atoms with E-state index in [-0.39, 0.29) is 11.9 Å². The number of rotatable bonds is 2. The second-order valence-electron chi connectivity index (χ2n) is 4.27. The number of nitrogens with one attached hydrogen (secondary N) is 2. The fourth-order valence-corrected chi connectivity index (χ4v) is 2.09. The van der Waals surface area contributed by atoms with Gasteiger partial charge >= 0.3 is 0 Å². The number of carbonyl (C=O) groups is 1. The molecule has 2 rings (SSSR count). The van der Waals surface area contributed by atoms with Crippen molar-refractivity contribution >= 4 is 5.91 Å². The van der Waals surface area contributed by atoms with Crippen LogP contribution in [0, 0.1) is 5.92 Å². The van der Waals surface area contributed by atoms with Crippen LogP contribution in [-0.2, 0) is 9.53 Å². The Morgan fingerprint density at radius 2 is 2.20 bits per heavy atom. The predicted octanol–water partition coefficient (Wildman–Crippen LogP) is -0.652. The van der Waals surface area contributed by atoms with Crippen molar-refractivity contribution in [2.45, 2.75) is 19.4 Å². The summed E-state index contributed by atoms with van der Waals surface area (Å²) < 4.78 is 5.22. The van der Waals surface area contributed by atoms with Crippen molar-refractivity contribution in [2.24, 2.45) is 5.92 Å². The summed E-state index contributed by atoms with van der Waals surface area (Å²) in [6, 6.07) is -0.0205. The fraction of sp³-hybridized carbons (Fsp3) is 0.900. The van der Waals surface area contributed by atoms with E-state index in [1.165, 1.54) is 0 Å². The monoisotopic (exact) mass is 213 g/mol. The summed E-state index contributed by atoms with van der Waals surface area (Å²) in [5, 5.41) is 5.17. The van der Waals surface area contributed by atoms with E-state index in [1.54, 1.807) is 0 Å². The smallest absolute Gasteiger partial charge is 0.251 e. The second kappa shape index (κ2) is 4.92. The molecule has 2 aliphatic rings. The first-order valence-electron chi connectivity index (χ1n) is 5.64. The molecule has 2 heterocycles. The molecular weight excluding hydrogens is 194 g/mol. The van der Waals surface area contributed by atoms with E-state index >= 15 is 0 Å². The lowest BCUT2D eigenvalue weighted by Gasteiger charge is -2.28. The number of hydrazine groups is 1. The lowest BCUT2D eigenvalue weighted by Crippen LogP contribution is -2.54. The quantitative estimate of drug-likeness (QED) is 0.640. The first-order valence-corrected chi connectivity index (χ1v) is 5.64. The van der Waals surface area contributed by atoms with Gasteiger partial charge in [-0.2, -0.15) is 0 Å². The van der Waals surface area contributed by atoms with E-state index in [1.807, 2.05) is 5.01 Å². The van der Waals surface area contributed by atoms with Gasteiger partial charge in [0.15, 0.2) is 0 Å². The first kappa shape index (κ1) is 10.9. The maximum Gasteiger partial charge on any atom is 0.251 e. The van der Waals surface area contributed by atoms with E-state index in [9.17, 15) is 4.79 Å². The Morgan fingerprint density at radius 3 is 2.80 bits per heavy atom. The molecule has 0 aliphatic carbocycles. The van der Waals surface area contributed by atoms with Gasteiger partial charge in [-0.15, -0.1) is 0 Å².